The van der Waals surface area contributed by atoms with Crippen LogP contribution in [-0.2, 0) is 9.59 Å². The first kappa shape index (κ1) is 17.5. The Kier molecular flexibility index (Phi) is 8.47. The molecular weight excluding hydrogens is 268 g/mol. The normalized spacial score (nSPS) is 16.3. The first-order valence-electron chi connectivity index (χ1n) is 7.96. The van der Waals surface area contributed by atoms with Gasteiger partial charge in [-0.25, -0.2) is 0 Å². The molecule has 120 valence electrons. The number of hydrogen-bond donors (Lipinski definition) is 2. The molecule has 0 aliphatic carbocycles. The minimum atomic E-state index is -0.0597. The number of imide groups is 1. The highest BCUT2D eigenvalue weighted by atomic mass is 16.2. The smallest absolute Gasteiger partial charge is 0.229 e. The zero-order valence-corrected chi connectivity index (χ0v) is 13.3. The van der Waals surface area contributed by atoms with Crippen molar-refractivity contribution in [3.8, 4) is 0 Å². The summed E-state index contributed by atoms with van der Waals surface area (Å²) < 4.78 is 0. The Balaban J connectivity index is 2.19. The van der Waals surface area contributed by atoms with Gasteiger partial charge in [-0.05, 0) is 12.8 Å². The summed E-state index contributed by atoms with van der Waals surface area (Å²) in [6.07, 6.45) is 6.47. The van der Waals surface area contributed by atoms with E-state index in [0.717, 1.165) is 18.9 Å². The Morgan fingerprint density at radius 2 is 1.76 bits per heavy atom. The molecule has 2 amide bonds. The van der Waals surface area contributed by atoms with E-state index in [4.69, 9.17) is 0 Å². The van der Waals surface area contributed by atoms with Gasteiger partial charge in [-0.3, -0.25) is 19.5 Å². The molecule has 0 saturated carbocycles. The van der Waals surface area contributed by atoms with Crippen LogP contribution in [0.1, 0.15) is 51.9 Å². The number of nitrogens with zero attached hydrogens (tertiary/aromatic N) is 2. The van der Waals surface area contributed by atoms with Gasteiger partial charge in [0.15, 0.2) is 5.96 Å². The fraction of sp³-hybridized carbons (Fsp3) is 0.800. The summed E-state index contributed by atoms with van der Waals surface area (Å²) in [4.78, 5) is 28.8. The maximum absolute atomic E-state index is 11.7. The van der Waals surface area contributed by atoms with Crippen molar-refractivity contribution in [2.24, 2.45) is 4.99 Å². The van der Waals surface area contributed by atoms with Crippen molar-refractivity contribution in [3.05, 3.63) is 0 Å². The maximum atomic E-state index is 11.7. The van der Waals surface area contributed by atoms with E-state index >= 15 is 0 Å². The van der Waals surface area contributed by atoms with E-state index in [1.54, 1.807) is 7.05 Å². The highest BCUT2D eigenvalue weighted by Gasteiger charge is 2.25. The number of guanidine groups is 1. The standard InChI is InChI=1S/C15H28N4O2/c1-3-4-5-6-10-17-15(16-2)18-11-12-19-13(20)8-7-9-14(19)21/h3-12H2,1-2H3,(H2,16,17,18). The second kappa shape index (κ2) is 10.2. The minimum Gasteiger partial charge on any atom is -0.356 e. The predicted molar refractivity (Wildman–Crippen MR) is 84.1 cm³/mol. The lowest BCUT2D eigenvalue weighted by Crippen LogP contribution is -2.46. The van der Waals surface area contributed by atoms with Gasteiger partial charge in [0.05, 0.1) is 0 Å². The summed E-state index contributed by atoms with van der Waals surface area (Å²) in [5, 5.41) is 6.38. The van der Waals surface area contributed by atoms with Crippen molar-refractivity contribution in [2.75, 3.05) is 26.7 Å². The molecule has 1 rings (SSSR count). The van der Waals surface area contributed by atoms with Crippen LogP contribution in [0.3, 0.4) is 0 Å². The molecule has 0 aromatic rings. The van der Waals surface area contributed by atoms with Crippen molar-refractivity contribution in [3.63, 3.8) is 0 Å². The molecule has 0 unspecified atom stereocenters. The molecule has 1 aliphatic heterocycles. The van der Waals surface area contributed by atoms with Crippen LogP contribution in [0.4, 0.5) is 0 Å². The molecule has 0 spiro atoms. The van der Waals surface area contributed by atoms with Gasteiger partial charge in [0, 0.05) is 39.5 Å². The third-order valence-electron chi connectivity index (χ3n) is 3.56. The van der Waals surface area contributed by atoms with Gasteiger partial charge in [0.1, 0.15) is 0 Å². The molecule has 2 N–H and O–H groups in total. The third kappa shape index (κ3) is 6.60. The van der Waals surface area contributed by atoms with E-state index < -0.39 is 0 Å². The summed E-state index contributed by atoms with van der Waals surface area (Å²) in [6.45, 7) is 4.03. The molecule has 0 aromatic carbocycles. The molecule has 0 bridgehead atoms. The van der Waals surface area contributed by atoms with Crippen molar-refractivity contribution in [1.29, 1.82) is 0 Å². The van der Waals surface area contributed by atoms with E-state index in [1.165, 1.54) is 24.2 Å². The van der Waals surface area contributed by atoms with Gasteiger partial charge in [-0.2, -0.15) is 0 Å². The van der Waals surface area contributed by atoms with Crippen LogP contribution in [0.15, 0.2) is 4.99 Å². The lowest BCUT2D eigenvalue weighted by molar-refractivity contribution is -0.147. The minimum absolute atomic E-state index is 0.0597. The van der Waals surface area contributed by atoms with E-state index in [0.29, 0.717) is 32.4 Å². The number of unbranched alkanes of at least 4 members (excludes halogenated alkanes) is 3. The fourth-order valence-corrected chi connectivity index (χ4v) is 2.31. The number of nitrogens with one attached hydrogen (secondary N) is 2. The Bertz CT molecular complexity index is 353. The predicted octanol–water partition coefficient (Wildman–Crippen LogP) is 1.27. The molecule has 1 saturated heterocycles. The van der Waals surface area contributed by atoms with Crippen molar-refractivity contribution < 1.29 is 9.59 Å². The van der Waals surface area contributed by atoms with Gasteiger partial charge in [-0.1, -0.05) is 26.2 Å². The summed E-state index contributed by atoms with van der Waals surface area (Å²) >= 11 is 0. The summed E-state index contributed by atoms with van der Waals surface area (Å²) in [6, 6.07) is 0. The van der Waals surface area contributed by atoms with Crippen molar-refractivity contribution in [2.45, 2.75) is 51.9 Å². The maximum Gasteiger partial charge on any atom is 0.229 e. The second-order valence-electron chi connectivity index (χ2n) is 5.28. The monoisotopic (exact) mass is 296 g/mol. The largest absolute Gasteiger partial charge is 0.356 e. The molecule has 0 radical (unpaired) electrons. The molecular formula is C15H28N4O2. The van der Waals surface area contributed by atoms with E-state index in [2.05, 4.69) is 22.5 Å². The van der Waals surface area contributed by atoms with Gasteiger partial charge in [0.2, 0.25) is 11.8 Å². The Morgan fingerprint density at radius 3 is 2.38 bits per heavy atom. The number of carbonyl (C=O) groups is 2. The number of aliphatic imine (C=N–C) groups is 1. The van der Waals surface area contributed by atoms with Gasteiger partial charge < -0.3 is 10.6 Å². The highest BCUT2D eigenvalue weighted by molar-refractivity contribution is 5.97. The number of carbonyl (C=O) groups excluding carboxylic acids is 2. The molecule has 0 aromatic heterocycles. The van der Waals surface area contributed by atoms with Crippen LogP contribution in [0.2, 0.25) is 0 Å². The van der Waals surface area contributed by atoms with Crippen LogP contribution in [0.25, 0.3) is 0 Å². The van der Waals surface area contributed by atoms with Crippen LogP contribution >= 0.6 is 0 Å². The Morgan fingerprint density at radius 1 is 1.10 bits per heavy atom. The fourth-order valence-electron chi connectivity index (χ4n) is 2.31. The quantitative estimate of drug-likeness (QED) is 0.306. The first-order chi connectivity index (χ1) is 10.2. The van der Waals surface area contributed by atoms with E-state index in [1.807, 2.05) is 0 Å². The van der Waals surface area contributed by atoms with Crippen LogP contribution in [0.5, 0.6) is 0 Å². The Labute approximate surface area is 127 Å². The zero-order valence-electron chi connectivity index (χ0n) is 13.3. The summed E-state index contributed by atoms with van der Waals surface area (Å²) in [5.41, 5.74) is 0. The van der Waals surface area contributed by atoms with Gasteiger partial charge >= 0.3 is 0 Å². The van der Waals surface area contributed by atoms with Crippen molar-refractivity contribution >= 4 is 17.8 Å². The topological polar surface area (TPSA) is 73.8 Å². The molecule has 1 aliphatic rings. The summed E-state index contributed by atoms with van der Waals surface area (Å²) in [5.74, 6) is 0.606. The summed E-state index contributed by atoms with van der Waals surface area (Å²) in [7, 11) is 1.72. The highest BCUT2D eigenvalue weighted by Crippen LogP contribution is 2.11. The van der Waals surface area contributed by atoms with Crippen LogP contribution in [-0.4, -0.2) is 49.4 Å². The van der Waals surface area contributed by atoms with Gasteiger partial charge in [0.25, 0.3) is 0 Å². The van der Waals surface area contributed by atoms with Crippen LogP contribution in [0, 0.1) is 0 Å². The number of hydrogen-bond acceptors (Lipinski definition) is 3. The first-order valence-corrected chi connectivity index (χ1v) is 7.96. The van der Waals surface area contributed by atoms with E-state index in [9.17, 15) is 9.59 Å². The molecule has 0 atom stereocenters. The molecule has 21 heavy (non-hydrogen) atoms. The molecule has 6 nitrogen and oxygen atoms in total. The molecule has 1 fully saturated rings. The van der Waals surface area contributed by atoms with Crippen molar-refractivity contribution in [1.82, 2.24) is 15.5 Å². The average molecular weight is 296 g/mol. The number of amides is 2. The SMILES string of the molecule is CCCCCCNC(=NC)NCCN1C(=O)CCCC1=O. The lowest BCUT2D eigenvalue weighted by atomic mass is 10.1. The number of rotatable bonds is 8. The number of piperidine rings is 1. The number of likely N-dealkylation sites (tertiary alicyclic amines) is 1. The molecule has 6 heteroatoms. The third-order valence-corrected chi connectivity index (χ3v) is 3.56. The Hall–Kier alpha value is -1.59. The van der Waals surface area contributed by atoms with Gasteiger partial charge in [-0.15, -0.1) is 0 Å². The average Bonchev–Trinajstić information content (AvgIpc) is 2.48. The molecule has 1 heterocycles. The zero-order chi connectivity index (χ0) is 15.5. The van der Waals surface area contributed by atoms with E-state index in [-0.39, 0.29) is 11.8 Å². The lowest BCUT2D eigenvalue weighted by Gasteiger charge is -2.25. The van der Waals surface area contributed by atoms with Crippen LogP contribution < -0.4 is 10.6 Å². The second-order valence-corrected chi connectivity index (χ2v) is 5.28.